The number of benzene rings is 1. The molecule has 1 aromatic heterocycles. The second-order valence-corrected chi connectivity index (χ2v) is 9.37. The summed E-state index contributed by atoms with van der Waals surface area (Å²) in [7, 11) is 0. The summed E-state index contributed by atoms with van der Waals surface area (Å²) in [5, 5.41) is 31.4. The van der Waals surface area contributed by atoms with E-state index in [0.29, 0.717) is 17.5 Å². The molecule has 0 amide bonds. The number of piperidine rings is 1. The van der Waals surface area contributed by atoms with Crippen molar-refractivity contribution in [2.45, 2.75) is 70.6 Å². The van der Waals surface area contributed by atoms with E-state index < -0.39 is 0 Å². The zero-order valence-electron chi connectivity index (χ0n) is 19.2. The molecule has 1 aliphatic heterocycles. The highest BCUT2D eigenvalue weighted by Crippen LogP contribution is 2.28. The van der Waals surface area contributed by atoms with E-state index in [1.807, 2.05) is 0 Å². The Kier molecular flexibility index (Phi) is 7.01. The fourth-order valence-electron chi connectivity index (χ4n) is 4.89. The number of rotatable bonds is 6. The number of aryl methyl sites for hydroxylation is 1. The highest BCUT2D eigenvalue weighted by molar-refractivity contribution is 6.13. The van der Waals surface area contributed by atoms with E-state index in [-0.39, 0.29) is 12.1 Å². The van der Waals surface area contributed by atoms with Gasteiger partial charge >= 0.3 is 0 Å². The van der Waals surface area contributed by atoms with Crippen LogP contribution in [0.25, 0.3) is 10.9 Å². The summed E-state index contributed by atoms with van der Waals surface area (Å²) in [5.41, 5.74) is 3.74. The Labute approximate surface area is 190 Å². The first-order valence-corrected chi connectivity index (χ1v) is 11.8. The van der Waals surface area contributed by atoms with Gasteiger partial charge in [-0.15, -0.1) is 0 Å². The van der Waals surface area contributed by atoms with E-state index >= 15 is 0 Å². The van der Waals surface area contributed by atoms with Crippen molar-refractivity contribution in [1.29, 1.82) is 10.8 Å². The molecule has 0 bridgehead atoms. The summed E-state index contributed by atoms with van der Waals surface area (Å²) in [5.74, 6) is 0.856. The molecule has 2 unspecified atom stereocenters. The molecule has 2 aliphatic rings. The fourth-order valence-corrected chi connectivity index (χ4v) is 4.89. The molecular formula is C26H35N5O. The summed E-state index contributed by atoms with van der Waals surface area (Å²) in [6, 6.07) is 8.95. The second kappa shape index (κ2) is 9.92. The number of allylic oxidation sites excluding steroid dienone is 2. The minimum absolute atomic E-state index is 0.219. The maximum Gasteiger partial charge on any atom is 0.138 e. The van der Waals surface area contributed by atoms with Gasteiger partial charge in [0, 0.05) is 41.8 Å². The number of aliphatic hydroxyl groups excluding tert-OH is 1. The molecule has 4 rings (SSSR count). The number of nitrogens with one attached hydrogen (secondary N) is 3. The minimum Gasteiger partial charge on any atom is -0.392 e. The van der Waals surface area contributed by atoms with Gasteiger partial charge in [0.25, 0.3) is 0 Å². The van der Waals surface area contributed by atoms with Crippen LogP contribution in [0.3, 0.4) is 0 Å². The SMILES string of the molecule is CC(=N)C=CC(=N)c1cc2cc(C)ccc2nc1N1CCC(NC2CCCCC2O)CC1. The first kappa shape index (κ1) is 22.6. The number of hydrogen-bond donors (Lipinski definition) is 4. The first-order chi connectivity index (χ1) is 15.4. The number of nitrogens with zero attached hydrogens (tertiary/aromatic N) is 2. The van der Waals surface area contributed by atoms with Crippen LogP contribution in [-0.2, 0) is 0 Å². The molecule has 2 fully saturated rings. The lowest BCUT2D eigenvalue weighted by atomic mass is 9.91. The van der Waals surface area contributed by atoms with Gasteiger partial charge in [-0.3, -0.25) is 0 Å². The summed E-state index contributed by atoms with van der Waals surface area (Å²) in [4.78, 5) is 7.27. The molecule has 170 valence electrons. The Bertz CT molecular complexity index is 1020. The molecule has 0 radical (unpaired) electrons. The third kappa shape index (κ3) is 5.25. The van der Waals surface area contributed by atoms with Gasteiger partial charge in [0.1, 0.15) is 5.82 Å². The number of hydrogen-bond acceptors (Lipinski definition) is 6. The van der Waals surface area contributed by atoms with Gasteiger partial charge in [-0.05, 0) is 69.9 Å². The smallest absolute Gasteiger partial charge is 0.138 e. The largest absolute Gasteiger partial charge is 0.392 e. The van der Waals surface area contributed by atoms with Crippen molar-refractivity contribution in [3.63, 3.8) is 0 Å². The Morgan fingerprint density at radius 1 is 1.09 bits per heavy atom. The van der Waals surface area contributed by atoms with Gasteiger partial charge in [0.05, 0.1) is 17.3 Å². The predicted octanol–water partition coefficient (Wildman–Crippen LogP) is 4.37. The molecule has 4 N–H and O–H groups in total. The summed E-state index contributed by atoms with van der Waals surface area (Å²) >= 11 is 0. The molecule has 6 nitrogen and oxygen atoms in total. The summed E-state index contributed by atoms with van der Waals surface area (Å²) in [6.45, 7) is 5.53. The lowest BCUT2D eigenvalue weighted by Gasteiger charge is -2.38. The summed E-state index contributed by atoms with van der Waals surface area (Å²) in [6.07, 6.45) is 9.44. The van der Waals surface area contributed by atoms with Gasteiger partial charge in [0.2, 0.25) is 0 Å². The highest BCUT2D eigenvalue weighted by Gasteiger charge is 2.28. The predicted molar refractivity (Wildman–Crippen MR) is 132 cm³/mol. The highest BCUT2D eigenvalue weighted by atomic mass is 16.3. The van der Waals surface area contributed by atoms with Gasteiger partial charge in [-0.2, -0.15) is 0 Å². The molecule has 1 aliphatic carbocycles. The van der Waals surface area contributed by atoms with Crippen molar-refractivity contribution in [2.24, 2.45) is 0 Å². The topological polar surface area (TPSA) is 96.1 Å². The van der Waals surface area contributed by atoms with Crippen LogP contribution in [0.5, 0.6) is 0 Å². The number of aliphatic hydroxyl groups is 1. The van der Waals surface area contributed by atoms with Gasteiger partial charge in [0.15, 0.2) is 0 Å². The number of anilines is 1. The zero-order chi connectivity index (χ0) is 22.7. The van der Waals surface area contributed by atoms with E-state index in [0.717, 1.165) is 67.5 Å². The fraction of sp³-hybridized carbons (Fsp3) is 0.500. The Hall–Kier alpha value is -2.57. The van der Waals surface area contributed by atoms with Crippen molar-refractivity contribution < 1.29 is 5.11 Å². The molecule has 1 saturated heterocycles. The van der Waals surface area contributed by atoms with E-state index in [1.54, 1.807) is 19.1 Å². The van der Waals surface area contributed by atoms with Crippen LogP contribution in [0.15, 0.2) is 36.4 Å². The maximum atomic E-state index is 10.3. The van der Waals surface area contributed by atoms with Gasteiger partial charge in [-0.1, -0.05) is 24.5 Å². The molecule has 2 heterocycles. The standard InChI is InChI=1S/C26H35N5O/c1-17-7-10-23-19(15-17)16-21(22(28)9-8-18(2)27)26(30-23)31-13-11-20(12-14-31)29-24-5-3-4-6-25(24)32/h7-10,15-16,20,24-25,27-29,32H,3-6,11-14H2,1-2H3. The van der Waals surface area contributed by atoms with Gasteiger partial charge in [-0.25, -0.2) is 4.98 Å². The van der Waals surface area contributed by atoms with Crippen LogP contribution in [0.4, 0.5) is 5.82 Å². The van der Waals surface area contributed by atoms with Crippen LogP contribution < -0.4 is 10.2 Å². The van der Waals surface area contributed by atoms with Crippen molar-refractivity contribution in [1.82, 2.24) is 10.3 Å². The van der Waals surface area contributed by atoms with Crippen LogP contribution >= 0.6 is 0 Å². The molecule has 2 atom stereocenters. The third-order valence-electron chi connectivity index (χ3n) is 6.71. The van der Waals surface area contributed by atoms with E-state index in [1.165, 1.54) is 12.0 Å². The van der Waals surface area contributed by atoms with Crippen molar-refractivity contribution >= 4 is 28.1 Å². The van der Waals surface area contributed by atoms with Crippen molar-refractivity contribution in [2.75, 3.05) is 18.0 Å². The molecule has 1 saturated carbocycles. The zero-order valence-corrected chi connectivity index (χ0v) is 19.2. The van der Waals surface area contributed by atoms with Crippen molar-refractivity contribution in [3.05, 3.63) is 47.5 Å². The Balaban J connectivity index is 1.55. The number of aromatic nitrogens is 1. The minimum atomic E-state index is -0.219. The third-order valence-corrected chi connectivity index (χ3v) is 6.71. The van der Waals surface area contributed by atoms with Crippen LogP contribution in [0, 0.1) is 17.7 Å². The lowest BCUT2D eigenvalue weighted by Crippen LogP contribution is -2.51. The summed E-state index contributed by atoms with van der Waals surface area (Å²) < 4.78 is 0. The van der Waals surface area contributed by atoms with Crippen LogP contribution in [0.2, 0.25) is 0 Å². The van der Waals surface area contributed by atoms with Crippen molar-refractivity contribution in [3.8, 4) is 0 Å². The van der Waals surface area contributed by atoms with Crippen LogP contribution in [-0.4, -0.2) is 52.8 Å². The van der Waals surface area contributed by atoms with E-state index in [4.69, 9.17) is 15.8 Å². The Morgan fingerprint density at radius 2 is 1.84 bits per heavy atom. The molecule has 1 aromatic carbocycles. The average molecular weight is 434 g/mol. The van der Waals surface area contributed by atoms with Gasteiger partial charge < -0.3 is 26.1 Å². The lowest BCUT2D eigenvalue weighted by molar-refractivity contribution is 0.0828. The number of fused-ring (bicyclic) bond motifs is 1. The van der Waals surface area contributed by atoms with Crippen LogP contribution in [0.1, 0.15) is 56.6 Å². The molecule has 2 aromatic rings. The van der Waals surface area contributed by atoms with E-state index in [9.17, 15) is 5.11 Å². The monoisotopic (exact) mass is 433 g/mol. The van der Waals surface area contributed by atoms with E-state index in [2.05, 4.69) is 41.4 Å². The Morgan fingerprint density at radius 3 is 2.56 bits per heavy atom. The second-order valence-electron chi connectivity index (χ2n) is 9.37. The average Bonchev–Trinajstić information content (AvgIpc) is 2.78. The normalized spacial score (nSPS) is 22.5. The quantitative estimate of drug-likeness (QED) is 0.509. The molecule has 6 heteroatoms. The first-order valence-electron chi connectivity index (χ1n) is 11.8. The maximum absolute atomic E-state index is 10.3. The molecular weight excluding hydrogens is 398 g/mol. The number of pyridine rings is 1. The molecule has 32 heavy (non-hydrogen) atoms. The molecule has 0 spiro atoms.